The highest BCUT2D eigenvalue weighted by atomic mass is 32.2. The summed E-state index contributed by atoms with van der Waals surface area (Å²) >= 11 is 0. The lowest BCUT2D eigenvalue weighted by molar-refractivity contribution is -0.114. The Bertz CT molecular complexity index is 1230. The summed E-state index contributed by atoms with van der Waals surface area (Å²) in [6.45, 7) is 3.91. The molecule has 0 aromatic heterocycles. The summed E-state index contributed by atoms with van der Waals surface area (Å²) in [5.74, 6) is -0.380. The average Bonchev–Trinajstić information content (AvgIpc) is 2.99. The van der Waals surface area contributed by atoms with Gasteiger partial charge >= 0.3 is 0 Å². The number of hydrogen-bond donors (Lipinski definition) is 1. The summed E-state index contributed by atoms with van der Waals surface area (Å²) in [7, 11) is -3.75. The molecule has 160 valence electrons. The SMILES string of the molecule is O=C(CN1c2cccc3cccc(c23)S1(=O)=O)Nc1ccc(CN2CCOCC2)cc1. The van der Waals surface area contributed by atoms with E-state index in [0.29, 0.717) is 16.8 Å². The molecule has 0 bridgehead atoms. The van der Waals surface area contributed by atoms with Crippen LogP contribution in [0.4, 0.5) is 11.4 Å². The number of carbonyl (C=O) groups is 1. The number of rotatable bonds is 5. The van der Waals surface area contributed by atoms with Crippen LogP contribution in [0.2, 0.25) is 0 Å². The molecule has 1 amide bonds. The highest BCUT2D eigenvalue weighted by Gasteiger charge is 2.36. The number of sulfonamides is 1. The molecular weight excluding hydrogens is 414 g/mol. The van der Waals surface area contributed by atoms with E-state index >= 15 is 0 Å². The molecule has 1 saturated heterocycles. The molecule has 8 heteroatoms. The lowest BCUT2D eigenvalue weighted by Crippen LogP contribution is -2.35. The smallest absolute Gasteiger partial charge is 0.265 e. The molecule has 2 aliphatic heterocycles. The first-order chi connectivity index (χ1) is 15.0. The Morgan fingerprint density at radius 1 is 0.968 bits per heavy atom. The summed E-state index contributed by atoms with van der Waals surface area (Å²) in [5, 5.41) is 4.33. The van der Waals surface area contributed by atoms with Gasteiger partial charge in [0.25, 0.3) is 10.0 Å². The van der Waals surface area contributed by atoms with Crippen molar-refractivity contribution in [2.24, 2.45) is 0 Å². The van der Waals surface area contributed by atoms with Crippen LogP contribution >= 0.6 is 0 Å². The van der Waals surface area contributed by atoms with Crippen molar-refractivity contribution in [1.82, 2.24) is 4.90 Å². The fourth-order valence-electron chi connectivity index (χ4n) is 4.17. The van der Waals surface area contributed by atoms with Crippen LogP contribution in [-0.2, 0) is 26.1 Å². The van der Waals surface area contributed by atoms with Crippen LogP contribution in [0.5, 0.6) is 0 Å². The van der Waals surface area contributed by atoms with Crippen LogP contribution in [0.3, 0.4) is 0 Å². The van der Waals surface area contributed by atoms with Gasteiger partial charge in [-0.2, -0.15) is 0 Å². The van der Waals surface area contributed by atoms with E-state index in [-0.39, 0.29) is 17.3 Å². The quantitative estimate of drug-likeness (QED) is 0.664. The number of benzene rings is 3. The second-order valence-electron chi connectivity index (χ2n) is 7.78. The number of hydrogen-bond acceptors (Lipinski definition) is 5. The van der Waals surface area contributed by atoms with Crippen molar-refractivity contribution >= 4 is 38.1 Å². The second kappa shape index (κ2) is 7.96. The predicted molar refractivity (Wildman–Crippen MR) is 120 cm³/mol. The molecule has 0 saturated carbocycles. The first-order valence-corrected chi connectivity index (χ1v) is 11.7. The Kier molecular flexibility index (Phi) is 5.13. The minimum atomic E-state index is -3.75. The van der Waals surface area contributed by atoms with Gasteiger partial charge < -0.3 is 10.1 Å². The first kappa shape index (κ1) is 20.0. The zero-order valence-electron chi connectivity index (χ0n) is 17.0. The van der Waals surface area contributed by atoms with Crippen molar-refractivity contribution in [2.75, 3.05) is 42.5 Å². The minimum absolute atomic E-state index is 0.251. The number of carbonyl (C=O) groups excluding carboxylic acids is 1. The summed E-state index contributed by atoms with van der Waals surface area (Å²) in [6, 6.07) is 18.3. The van der Waals surface area contributed by atoms with Crippen molar-refractivity contribution in [1.29, 1.82) is 0 Å². The highest BCUT2D eigenvalue weighted by molar-refractivity contribution is 7.93. The summed E-state index contributed by atoms with van der Waals surface area (Å²) in [6.07, 6.45) is 0. The molecule has 1 N–H and O–H groups in total. The molecule has 0 atom stereocenters. The number of amides is 1. The number of ether oxygens (including phenoxy) is 1. The van der Waals surface area contributed by atoms with Gasteiger partial charge in [-0.15, -0.1) is 0 Å². The molecule has 0 spiro atoms. The molecule has 0 aliphatic carbocycles. The lowest BCUT2D eigenvalue weighted by atomic mass is 10.1. The lowest BCUT2D eigenvalue weighted by Gasteiger charge is -2.26. The molecule has 3 aromatic carbocycles. The van der Waals surface area contributed by atoms with Gasteiger partial charge in [0.1, 0.15) is 6.54 Å². The fourth-order valence-corrected chi connectivity index (χ4v) is 5.84. The Labute approximate surface area is 181 Å². The molecule has 1 fully saturated rings. The van der Waals surface area contributed by atoms with E-state index in [1.54, 1.807) is 24.3 Å². The normalized spacial score (nSPS) is 17.7. The van der Waals surface area contributed by atoms with Gasteiger partial charge in [-0.1, -0.05) is 36.4 Å². The molecular formula is C23H23N3O4S. The van der Waals surface area contributed by atoms with Gasteiger partial charge in [-0.05, 0) is 35.2 Å². The number of morpholine rings is 1. The van der Waals surface area contributed by atoms with Crippen LogP contribution in [-0.4, -0.2) is 52.1 Å². The van der Waals surface area contributed by atoms with Crippen LogP contribution in [0.25, 0.3) is 10.8 Å². The summed E-state index contributed by atoms with van der Waals surface area (Å²) in [4.78, 5) is 15.3. The van der Waals surface area contributed by atoms with Gasteiger partial charge in [0, 0.05) is 30.7 Å². The molecule has 0 unspecified atom stereocenters. The molecule has 3 aromatic rings. The van der Waals surface area contributed by atoms with E-state index in [9.17, 15) is 13.2 Å². The zero-order chi connectivity index (χ0) is 21.4. The Morgan fingerprint density at radius 3 is 2.42 bits per heavy atom. The Balaban J connectivity index is 1.28. The van der Waals surface area contributed by atoms with Crippen molar-refractivity contribution < 1.29 is 17.9 Å². The van der Waals surface area contributed by atoms with Gasteiger partial charge in [0.15, 0.2) is 0 Å². The number of nitrogens with one attached hydrogen (secondary N) is 1. The van der Waals surface area contributed by atoms with E-state index < -0.39 is 10.0 Å². The van der Waals surface area contributed by atoms with E-state index in [0.717, 1.165) is 43.8 Å². The summed E-state index contributed by atoms with van der Waals surface area (Å²) < 4.78 is 32.6. The van der Waals surface area contributed by atoms with Gasteiger partial charge in [0.05, 0.1) is 23.8 Å². The third kappa shape index (κ3) is 3.78. The van der Waals surface area contributed by atoms with Crippen LogP contribution in [0, 0.1) is 0 Å². The molecule has 31 heavy (non-hydrogen) atoms. The fraction of sp³-hybridized carbons (Fsp3) is 0.261. The maximum absolute atomic E-state index is 13.0. The van der Waals surface area contributed by atoms with Gasteiger partial charge in [0.2, 0.25) is 5.91 Å². The Hall–Kier alpha value is -2.94. The molecule has 5 rings (SSSR count). The van der Waals surface area contributed by atoms with E-state index in [2.05, 4.69) is 10.2 Å². The number of anilines is 2. The summed E-state index contributed by atoms with van der Waals surface area (Å²) in [5.41, 5.74) is 2.34. The average molecular weight is 438 g/mol. The third-order valence-electron chi connectivity index (χ3n) is 5.72. The van der Waals surface area contributed by atoms with Crippen molar-refractivity contribution in [3.8, 4) is 0 Å². The third-order valence-corrected chi connectivity index (χ3v) is 7.52. The standard InChI is InChI=1S/C23H23N3O4S/c27-22(24-19-9-7-17(8-10-19)15-25-11-13-30-14-12-25)16-26-20-5-1-3-18-4-2-6-21(23(18)20)31(26,28)29/h1-10H,11-16H2,(H,24,27). The van der Waals surface area contributed by atoms with Crippen LogP contribution in [0.15, 0.2) is 65.6 Å². The maximum atomic E-state index is 13.0. The van der Waals surface area contributed by atoms with Crippen LogP contribution in [0.1, 0.15) is 5.56 Å². The van der Waals surface area contributed by atoms with Gasteiger partial charge in [-0.25, -0.2) is 8.42 Å². The molecule has 0 radical (unpaired) electrons. The van der Waals surface area contributed by atoms with E-state index in [4.69, 9.17) is 4.74 Å². The largest absolute Gasteiger partial charge is 0.379 e. The zero-order valence-corrected chi connectivity index (χ0v) is 17.8. The van der Waals surface area contributed by atoms with Crippen molar-refractivity contribution in [2.45, 2.75) is 11.4 Å². The molecule has 2 aliphatic rings. The van der Waals surface area contributed by atoms with Gasteiger partial charge in [-0.3, -0.25) is 14.0 Å². The second-order valence-corrected chi connectivity index (χ2v) is 9.61. The predicted octanol–water partition coefficient (Wildman–Crippen LogP) is 2.82. The van der Waals surface area contributed by atoms with Crippen molar-refractivity contribution in [3.63, 3.8) is 0 Å². The topological polar surface area (TPSA) is 79.0 Å². The molecule has 2 heterocycles. The van der Waals surface area contributed by atoms with E-state index in [1.165, 1.54) is 4.31 Å². The van der Waals surface area contributed by atoms with E-state index in [1.807, 2.05) is 36.4 Å². The van der Waals surface area contributed by atoms with Crippen LogP contribution < -0.4 is 9.62 Å². The molecule has 7 nitrogen and oxygen atoms in total. The highest BCUT2D eigenvalue weighted by Crippen LogP contribution is 2.41. The minimum Gasteiger partial charge on any atom is -0.379 e. The maximum Gasteiger partial charge on any atom is 0.265 e. The first-order valence-electron chi connectivity index (χ1n) is 10.3. The Morgan fingerprint density at radius 2 is 1.68 bits per heavy atom. The van der Waals surface area contributed by atoms with Crippen molar-refractivity contribution in [3.05, 3.63) is 66.2 Å². The number of nitrogens with zero attached hydrogens (tertiary/aromatic N) is 2. The monoisotopic (exact) mass is 437 g/mol.